The molecular formula is C16H14Cl2F3NO. The van der Waals surface area contributed by atoms with E-state index in [1.165, 1.54) is 10.8 Å². The zero-order valence-corrected chi connectivity index (χ0v) is 14.0. The summed E-state index contributed by atoms with van der Waals surface area (Å²) in [4.78, 5) is 12.0. The summed E-state index contributed by atoms with van der Waals surface area (Å²) in [5.41, 5.74) is -1.42. The zero-order chi connectivity index (χ0) is 17.3. The molecule has 23 heavy (non-hydrogen) atoms. The monoisotopic (exact) mass is 363 g/mol. The van der Waals surface area contributed by atoms with E-state index >= 15 is 0 Å². The minimum absolute atomic E-state index is 0.142. The molecule has 0 amide bonds. The number of pyridine rings is 1. The molecule has 0 radical (unpaired) electrons. The second-order valence-electron chi connectivity index (χ2n) is 5.38. The van der Waals surface area contributed by atoms with Crippen molar-refractivity contribution in [2.24, 2.45) is 5.92 Å². The van der Waals surface area contributed by atoms with Gasteiger partial charge in [-0.1, -0.05) is 43.5 Å². The summed E-state index contributed by atoms with van der Waals surface area (Å²) in [6, 6.07) is 1.09. The van der Waals surface area contributed by atoms with Crippen LogP contribution in [0.15, 0.2) is 23.1 Å². The maximum Gasteiger partial charge on any atom is 0.219 e. The maximum atomic E-state index is 14.1. The molecule has 0 N–H and O–H groups in total. The number of halogens is 5. The number of aromatic nitrogens is 1. The highest BCUT2D eigenvalue weighted by molar-refractivity contribution is 6.36. The van der Waals surface area contributed by atoms with Crippen molar-refractivity contribution >= 4 is 23.2 Å². The van der Waals surface area contributed by atoms with Gasteiger partial charge >= 0.3 is 0 Å². The third-order valence-corrected chi connectivity index (χ3v) is 4.25. The van der Waals surface area contributed by atoms with Crippen molar-refractivity contribution in [1.82, 2.24) is 4.57 Å². The number of nitrogens with zero attached hydrogens (tertiary/aromatic N) is 1. The number of rotatable bonds is 4. The van der Waals surface area contributed by atoms with Gasteiger partial charge in [-0.3, -0.25) is 4.79 Å². The molecule has 1 aromatic carbocycles. The second-order valence-corrected chi connectivity index (χ2v) is 6.16. The molecule has 0 aliphatic heterocycles. The molecule has 1 atom stereocenters. The molecule has 0 saturated heterocycles. The standard InChI is InChI=1S/C16H14Cl2F3NO/c1-3-8(2)6-22-7-10(17)16(23)14(18)15(22)13-11(20)4-9(19)5-12(13)21/h4-5,7-8H,3,6H2,1-2H3. The molecule has 0 aliphatic rings. The lowest BCUT2D eigenvalue weighted by atomic mass is 10.1. The fourth-order valence-electron chi connectivity index (χ4n) is 2.23. The van der Waals surface area contributed by atoms with Crippen molar-refractivity contribution in [2.75, 3.05) is 0 Å². The van der Waals surface area contributed by atoms with Gasteiger partial charge in [-0.15, -0.1) is 0 Å². The molecule has 0 bridgehead atoms. The first-order valence-corrected chi connectivity index (χ1v) is 7.75. The van der Waals surface area contributed by atoms with Gasteiger partial charge in [0.1, 0.15) is 27.5 Å². The predicted octanol–water partition coefficient (Wildman–Crippen LogP) is 5.29. The third-order valence-electron chi connectivity index (χ3n) is 3.63. The molecular weight excluding hydrogens is 350 g/mol. The van der Waals surface area contributed by atoms with Gasteiger partial charge in [0.2, 0.25) is 5.43 Å². The molecule has 2 nitrogen and oxygen atoms in total. The van der Waals surface area contributed by atoms with E-state index in [9.17, 15) is 18.0 Å². The van der Waals surface area contributed by atoms with E-state index in [0.29, 0.717) is 18.7 Å². The minimum Gasteiger partial charge on any atom is -0.344 e. The summed E-state index contributed by atoms with van der Waals surface area (Å²) in [5.74, 6) is -3.17. The lowest BCUT2D eigenvalue weighted by Crippen LogP contribution is -2.17. The number of hydrogen-bond donors (Lipinski definition) is 0. The Kier molecular flexibility index (Phi) is 5.42. The van der Waals surface area contributed by atoms with E-state index < -0.39 is 33.5 Å². The fourth-order valence-corrected chi connectivity index (χ4v) is 2.79. The zero-order valence-electron chi connectivity index (χ0n) is 12.5. The molecule has 0 spiro atoms. The maximum absolute atomic E-state index is 14.1. The predicted molar refractivity (Wildman–Crippen MR) is 85.5 cm³/mol. The van der Waals surface area contributed by atoms with Crippen molar-refractivity contribution in [3.63, 3.8) is 0 Å². The van der Waals surface area contributed by atoms with Crippen molar-refractivity contribution in [3.05, 3.63) is 56.0 Å². The van der Waals surface area contributed by atoms with Crippen LogP contribution in [-0.2, 0) is 6.54 Å². The summed E-state index contributed by atoms with van der Waals surface area (Å²) < 4.78 is 42.8. The van der Waals surface area contributed by atoms with Crippen LogP contribution in [0.5, 0.6) is 0 Å². The average Bonchev–Trinajstić information content (AvgIpc) is 2.47. The normalized spacial score (nSPS) is 12.5. The van der Waals surface area contributed by atoms with Gasteiger partial charge in [0, 0.05) is 24.9 Å². The summed E-state index contributed by atoms with van der Waals surface area (Å²) in [5, 5.41) is -0.546. The molecule has 1 unspecified atom stereocenters. The first-order valence-electron chi connectivity index (χ1n) is 6.99. The van der Waals surface area contributed by atoms with Crippen LogP contribution in [-0.4, -0.2) is 4.57 Å². The van der Waals surface area contributed by atoms with Crippen LogP contribution in [0.3, 0.4) is 0 Å². The molecule has 1 aromatic heterocycles. The van der Waals surface area contributed by atoms with E-state index in [4.69, 9.17) is 23.2 Å². The Bertz CT molecular complexity index is 782. The highest BCUT2D eigenvalue weighted by atomic mass is 35.5. The Morgan fingerprint density at radius 3 is 2.26 bits per heavy atom. The van der Waals surface area contributed by atoms with E-state index in [2.05, 4.69) is 0 Å². The Labute approximate surface area is 141 Å². The average molecular weight is 364 g/mol. The molecule has 7 heteroatoms. The smallest absolute Gasteiger partial charge is 0.219 e. The fraction of sp³-hybridized carbons (Fsp3) is 0.312. The molecule has 0 aliphatic carbocycles. The van der Waals surface area contributed by atoms with Crippen LogP contribution in [0.1, 0.15) is 20.3 Å². The van der Waals surface area contributed by atoms with E-state index in [1.807, 2.05) is 13.8 Å². The highest BCUT2D eigenvalue weighted by Crippen LogP contribution is 2.32. The summed E-state index contributed by atoms with van der Waals surface area (Å²) in [7, 11) is 0. The number of benzene rings is 1. The largest absolute Gasteiger partial charge is 0.344 e. The van der Waals surface area contributed by atoms with Gasteiger partial charge in [-0.2, -0.15) is 0 Å². The number of hydrogen-bond acceptors (Lipinski definition) is 1. The van der Waals surface area contributed by atoms with Crippen molar-refractivity contribution < 1.29 is 13.2 Å². The van der Waals surface area contributed by atoms with E-state index in [-0.39, 0.29) is 16.6 Å². The van der Waals surface area contributed by atoms with Gasteiger partial charge < -0.3 is 4.57 Å². The van der Waals surface area contributed by atoms with Crippen molar-refractivity contribution in [3.8, 4) is 11.3 Å². The van der Waals surface area contributed by atoms with Crippen LogP contribution in [0, 0.1) is 23.4 Å². The Morgan fingerprint density at radius 2 is 1.74 bits per heavy atom. The molecule has 0 fully saturated rings. The van der Waals surface area contributed by atoms with E-state index in [0.717, 1.165) is 6.42 Å². The van der Waals surface area contributed by atoms with Gasteiger partial charge in [0.25, 0.3) is 0 Å². The third kappa shape index (κ3) is 3.56. The second kappa shape index (κ2) is 6.97. The minimum atomic E-state index is -1.14. The van der Waals surface area contributed by atoms with Crippen molar-refractivity contribution in [2.45, 2.75) is 26.8 Å². The first kappa shape index (κ1) is 17.9. The molecule has 1 heterocycles. The van der Waals surface area contributed by atoms with Crippen LogP contribution < -0.4 is 5.43 Å². The van der Waals surface area contributed by atoms with Crippen LogP contribution in [0.4, 0.5) is 13.2 Å². The molecule has 0 saturated carbocycles. The summed E-state index contributed by atoms with van der Waals surface area (Å²) >= 11 is 11.8. The van der Waals surface area contributed by atoms with E-state index in [1.54, 1.807) is 0 Å². The first-order chi connectivity index (χ1) is 10.8. The van der Waals surface area contributed by atoms with Crippen LogP contribution in [0.25, 0.3) is 11.3 Å². The SMILES string of the molecule is CCC(C)Cn1cc(Cl)c(=O)c(Cl)c1-c1c(F)cc(F)cc1F. The van der Waals surface area contributed by atoms with Crippen LogP contribution >= 0.6 is 23.2 Å². The van der Waals surface area contributed by atoms with Gasteiger partial charge in [0.05, 0.1) is 11.3 Å². The molecule has 2 rings (SSSR count). The van der Waals surface area contributed by atoms with Crippen LogP contribution in [0.2, 0.25) is 10.0 Å². The van der Waals surface area contributed by atoms with Gasteiger partial charge in [-0.25, -0.2) is 13.2 Å². The highest BCUT2D eigenvalue weighted by Gasteiger charge is 2.23. The summed E-state index contributed by atoms with van der Waals surface area (Å²) in [6.07, 6.45) is 2.09. The Morgan fingerprint density at radius 1 is 1.17 bits per heavy atom. The van der Waals surface area contributed by atoms with Gasteiger partial charge in [-0.05, 0) is 5.92 Å². The topological polar surface area (TPSA) is 22.0 Å². The summed E-state index contributed by atoms with van der Waals surface area (Å²) in [6.45, 7) is 4.23. The Hall–Kier alpha value is -1.46. The van der Waals surface area contributed by atoms with Gasteiger partial charge in [0.15, 0.2) is 0 Å². The molecule has 124 valence electrons. The lowest BCUT2D eigenvalue weighted by molar-refractivity contribution is 0.467. The molecule has 2 aromatic rings. The Balaban J connectivity index is 2.80. The van der Waals surface area contributed by atoms with Crippen molar-refractivity contribution in [1.29, 1.82) is 0 Å². The lowest BCUT2D eigenvalue weighted by Gasteiger charge is -2.19. The quantitative estimate of drug-likeness (QED) is 0.723.